The minimum absolute atomic E-state index is 0.184. The second kappa shape index (κ2) is 7.89. The molecule has 1 fully saturated rings. The molecule has 0 bridgehead atoms. The lowest BCUT2D eigenvalue weighted by Gasteiger charge is -2.29. The highest BCUT2D eigenvalue weighted by Gasteiger charge is 2.26. The molecule has 5 nitrogen and oxygen atoms in total. The van der Waals surface area contributed by atoms with E-state index in [1.807, 2.05) is 18.2 Å². The lowest BCUT2D eigenvalue weighted by molar-refractivity contribution is -1.01. The molecule has 0 amide bonds. The zero-order valence-corrected chi connectivity index (χ0v) is 15.0. The standard InChI is InChI=1S/C21H24N2O3/c24-19(18-6-7-20-21(14-18)26-13-12-25-20)16-23-10-8-22(9-11-23)15-17-4-2-1-3-5-17/h1-7,14H,8-13,15-16H2/p+2. The van der Waals surface area contributed by atoms with Crippen LogP contribution in [0.3, 0.4) is 0 Å². The topological polar surface area (TPSA) is 44.4 Å². The molecule has 26 heavy (non-hydrogen) atoms. The molecule has 0 aliphatic carbocycles. The Kier molecular flexibility index (Phi) is 5.18. The van der Waals surface area contributed by atoms with E-state index in [9.17, 15) is 4.79 Å². The van der Waals surface area contributed by atoms with Gasteiger partial charge in [-0.1, -0.05) is 30.3 Å². The number of hydrogen-bond acceptors (Lipinski definition) is 3. The maximum Gasteiger partial charge on any atom is 0.217 e. The summed E-state index contributed by atoms with van der Waals surface area (Å²) in [5, 5.41) is 0. The van der Waals surface area contributed by atoms with Crippen LogP contribution in [0.2, 0.25) is 0 Å². The highest BCUT2D eigenvalue weighted by molar-refractivity contribution is 5.97. The Hall–Kier alpha value is -2.37. The van der Waals surface area contributed by atoms with Crippen LogP contribution in [0.4, 0.5) is 0 Å². The molecule has 2 aliphatic rings. The molecule has 1 saturated heterocycles. The van der Waals surface area contributed by atoms with Gasteiger partial charge in [-0.25, -0.2) is 0 Å². The Labute approximate surface area is 154 Å². The molecule has 2 aliphatic heterocycles. The normalized spacial score (nSPS) is 22.0. The van der Waals surface area contributed by atoms with Crippen molar-refractivity contribution >= 4 is 5.78 Å². The number of ether oxygens (including phenoxy) is 2. The molecule has 2 heterocycles. The Morgan fingerprint density at radius 1 is 0.846 bits per heavy atom. The maximum atomic E-state index is 12.6. The van der Waals surface area contributed by atoms with E-state index in [0.717, 1.165) is 44.0 Å². The third-order valence-electron chi connectivity index (χ3n) is 5.24. The van der Waals surface area contributed by atoms with Crippen molar-refractivity contribution in [3.8, 4) is 11.5 Å². The first-order chi connectivity index (χ1) is 12.8. The summed E-state index contributed by atoms with van der Waals surface area (Å²) in [6.45, 7) is 7.04. The number of piperazine rings is 1. The number of Topliss-reactive ketones (excluding diaryl/α,β-unsaturated/α-hetero) is 1. The second-order valence-electron chi connectivity index (χ2n) is 7.12. The highest BCUT2D eigenvalue weighted by Crippen LogP contribution is 2.30. The predicted molar refractivity (Wildman–Crippen MR) is 98.2 cm³/mol. The van der Waals surface area contributed by atoms with Crippen molar-refractivity contribution in [2.45, 2.75) is 6.54 Å². The molecule has 0 unspecified atom stereocenters. The quantitative estimate of drug-likeness (QED) is 0.720. The Morgan fingerprint density at radius 2 is 1.54 bits per heavy atom. The number of rotatable bonds is 5. The molecule has 2 aromatic carbocycles. The van der Waals surface area contributed by atoms with Crippen molar-refractivity contribution in [2.75, 3.05) is 45.9 Å². The summed E-state index contributed by atoms with van der Waals surface area (Å²) >= 11 is 0. The van der Waals surface area contributed by atoms with Crippen molar-refractivity contribution in [1.29, 1.82) is 0 Å². The van der Waals surface area contributed by atoms with E-state index >= 15 is 0 Å². The van der Waals surface area contributed by atoms with Crippen LogP contribution >= 0.6 is 0 Å². The largest absolute Gasteiger partial charge is 0.486 e. The van der Waals surface area contributed by atoms with E-state index in [-0.39, 0.29) is 5.78 Å². The van der Waals surface area contributed by atoms with Crippen LogP contribution in [0.5, 0.6) is 11.5 Å². The first kappa shape index (κ1) is 17.1. The number of fused-ring (bicyclic) bond motifs is 1. The van der Waals surface area contributed by atoms with Crippen LogP contribution in [0.25, 0.3) is 0 Å². The number of benzene rings is 2. The zero-order chi connectivity index (χ0) is 17.8. The summed E-state index contributed by atoms with van der Waals surface area (Å²) < 4.78 is 11.1. The molecule has 2 aromatic rings. The van der Waals surface area contributed by atoms with Gasteiger partial charge in [0, 0.05) is 11.1 Å². The molecule has 136 valence electrons. The predicted octanol–water partition coefficient (Wildman–Crippen LogP) is -0.376. The third kappa shape index (κ3) is 4.06. The number of quaternary nitrogens is 2. The average Bonchev–Trinajstić information content (AvgIpc) is 2.70. The van der Waals surface area contributed by atoms with Crippen molar-refractivity contribution < 1.29 is 24.1 Å². The van der Waals surface area contributed by atoms with Gasteiger partial charge in [-0.2, -0.15) is 0 Å². The fourth-order valence-corrected chi connectivity index (χ4v) is 3.74. The van der Waals surface area contributed by atoms with E-state index in [1.165, 1.54) is 10.5 Å². The molecule has 0 radical (unpaired) electrons. The third-order valence-corrected chi connectivity index (χ3v) is 5.24. The first-order valence-electron chi connectivity index (χ1n) is 9.42. The van der Waals surface area contributed by atoms with Gasteiger partial charge in [0.1, 0.15) is 52.5 Å². The molecule has 0 spiro atoms. The van der Waals surface area contributed by atoms with Crippen LogP contribution < -0.4 is 19.3 Å². The van der Waals surface area contributed by atoms with Crippen molar-refractivity contribution in [1.82, 2.24) is 0 Å². The monoisotopic (exact) mass is 354 g/mol. The molecule has 2 N–H and O–H groups in total. The smallest absolute Gasteiger partial charge is 0.217 e. The minimum Gasteiger partial charge on any atom is -0.486 e. The van der Waals surface area contributed by atoms with Crippen molar-refractivity contribution in [3.05, 3.63) is 59.7 Å². The van der Waals surface area contributed by atoms with E-state index in [0.29, 0.717) is 25.5 Å². The maximum absolute atomic E-state index is 12.6. The van der Waals surface area contributed by atoms with Gasteiger partial charge in [0.15, 0.2) is 11.5 Å². The number of hydrogen-bond donors (Lipinski definition) is 2. The zero-order valence-electron chi connectivity index (χ0n) is 15.0. The molecule has 0 saturated carbocycles. The van der Waals surface area contributed by atoms with Gasteiger partial charge in [-0.05, 0) is 18.2 Å². The van der Waals surface area contributed by atoms with Gasteiger partial charge in [-0.15, -0.1) is 0 Å². The molecule has 0 atom stereocenters. The highest BCUT2D eigenvalue weighted by atomic mass is 16.6. The van der Waals surface area contributed by atoms with Gasteiger partial charge >= 0.3 is 0 Å². The summed E-state index contributed by atoms with van der Waals surface area (Å²) in [4.78, 5) is 15.6. The van der Waals surface area contributed by atoms with Crippen LogP contribution in [0, 0.1) is 0 Å². The summed E-state index contributed by atoms with van der Waals surface area (Å²) in [6.07, 6.45) is 0. The lowest BCUT2D eigenvalue weighted by Crippen LogP contribution is -3.27. The fraction of sp³-hybridized carbons (Fsp3) is 0.381. The summed E-state index contributed by atoms with van der Waals surface area (Å²) in [6, 6.07) is 16.2. The van der Waals surface area contributed by atoms with Crippen LogP contribution in [-0.4, -0.2) is 51.7 Å². The van der Waals surface area contributed by atoms with Crippen LogP contribution in [0.15, 0.2) is 48.5 Å². The van der Waals surface area contributed by atoms with E-state index < -0.39 is 0 Å². The summed E-state index contributed by atoms with van der Waals surface area (Å²) in [7, 11) is 0. The van der Waals surface area contributed by atoms with Gasteiger partial charge < -0.3 is 19.3 Å². The Bertz CT molecular complexity index is 755. The average molecular weight is 354 g/mol. The molecule has 4 rings (SSSR count). The number of carbonyl (C=O) groups is 1. The number of nitrogens with one attached hydrogen (secondary N) is 2. The van der Waals surface area contributed by atoms with Gasteiger partial charge in [0.2, 0.25) is 5.78 Å². The molecule has 5 heteroatoms. The second-order valence-corrected chi connectivity index (χ2v) is 7.12. The van der Waals surface area contributed by atoms with E-state index in [2.05, 4.69) is 30.3 Å². The molecule has 0 aromatic heterocycles. The van der Waals surface area contributed by atoms with Gasteiger partial charge in [-0.3, -0.25) is 4.79 Å². The minimum atomic E-state index is 0.184. The number of carbonyl (C=O) groups excluding carboxylic acids is 1. The van der Waals surface area contributed by atoms with Crippen LogP contribution in [0.1, 0.15) is 15.9 Å². The van der Waals surface area contributed by atoms with Gasteiger partial charge in [0.25, 0.3) is 0 Å². The van der Waals surface area contributed by atoms with E-state index in [4.69, 9.17) is 9.47 Å². The number of ketones is 1. The van der Waals surface area contributed by atoms with Gasteiger partial charge in [0.05, 0.1) is 0 Å². The Balaban J connectivity index is 1.29. The first-order valence-corrected chi connectivity index (χ1v) is 9.42. The lowest BCUT2D eigenvalue weighted by atomic mass is 10.1. The SMILES string of the molecule is O=C(C[NH+]1CC[NH+](Cc2ccccc2)CC1)c1ccc2c(c1)OCCO2. The fourth-order valence-electron chi connectivity index (χ4n) is 3.74. The molecular weight excluding hydrogens is 328 g/mol. The summed E-state index contributed by atoms with van der Waals surface area (Å²) in [5.74, 6) is 1.61. The Morgan fingerprint density at radius 3 is 2.31 bits per heavy atom. The molecular formula is C21H26N2O3+2. The summed E-state index contributed by atoms with van der Waals surface area (Å²) in [5.41, 5.74) is 2.11. The van der Waals surface area contributed by atoms with Crippen molar-refractivity contribution in [2.24, 2.45) is 0 Å². The van der Waals surface area contributed by atoms with E-state index in [1.54, 1.807) is 4.90 Å². The van der Waals surface area contributed by atoms with Crippen molar-refractivity contribution in [3.63, 3.8) is 0 Å². The van der Waals surface area contributed by atoms with Crippen LogP contribution in [-0.2, 0) is 6.54 Å².